The van der Waals surface area contributed by atoms with Crippen LogP contribution in [-0.2, 0) is 11.3 Å². The molecule has 26 heavy (non-hydrogen) atoms. The second-order valence-electron chi connectivity index (χ2n) is 5.84. The minimum absolute atomic E-state index is 0.451. The summed E-state index contributed by atoms with van der Waals surface area (Å²) >= 11 is 0. The first kappa shape index (κ1) is 17.9. The molecule has 0 aliphatic carbocycles. The smallest absolute Gasteiger partial charge is 0.202 e. The average Bonchev–Trinajstić information content (AvgIpc) is 3.11. The Balaban J connectivity index is 1.60. The Morgan fingerprint density at radius 2 is 1.88 bits per heavy atom. The van der Waals surface area contributed by atoms with Gasteiger partial charge in [0.25, 0.3) is 0 Å². The monoisotopic (exact) mass is 353 g/mol. The van der Waals surface area contributed by atoms with Gasteiger partial charge in [-0.3, -0.25) is 0 Å². The molecule has 0 radical (unpaired) electrons. The highest BCUT2D eigenvalue weighted by Crippen LogP contribution is 2.17. The van der Waals surface area contributed by atoms with Gasteiger partial charge in [0, 0.05) is 18.0 Å². The van der Waals surface area contributed by atoms with Crippen LogP contribution >= 0.6 is 0 Å². The molecule has 0 saturated carbocycles. The van der Waals surface area contributed by atoms with Crippen molar-refractivity contribution in [2.45, 2.75) is 26.8 Å². The Labute approximate surface area is 152 Å². The fraction of sp³-hybridized carbons (Fsp3) is 0.263. The molecule has 1 heterocycles. The Morgan fingerprint density at radius 3 is 2.62 bits per heavy atom. The highest BCUT2D eigenvalue weighted by molar-refractivity contribution is 5.53. The lowest BCUT2D eigenvalue weighted by Crippen LogP contribution is -2.28. The van der Waals surface area contributed by atoms with Crippen molar-refractivity contribution in [3.63, 3.8) is 0 Å². The van der Waals surface area contributed by atoms with E-state index in [1.165, 1.54) is 0 Å². The van der Waals surface area contributed by atoms with Crippen LogP contribution in [0.2, 0.25) is 0 Å². The number of nitrogens with one attached hydrogen (secondary N) is 2. The minimum atomic E-state index is -0.897. The lowest BCUT2D eigenvalue weighted by molar-refractivity contribution is 0.131. The summed E-state index contributed by atoms with van der Waals surface area (Å²) in [5.41, 5.74) is 4.40. The van der Waals surface area contributed by atoms with E-state index in [-0.39, 0.29) is 0 Å². The molecule has 0 saturated heterocycles. The third-order valence-electron chi connectivity index (χ3n) is 3.87. The van der Waals surface area contributed by atoms with Crippen LogP contribution in [0.15, 0.2) is 54.7 Å². The maximum Gasteiger partial charge on any atom is 0.202 e. The van der Waals surface area contributed by atoms with Crippen molar-refractivity contribution in [3.8, 4) is 5.69 Å². The highest BCUT2D eigenvalue weighted by Gasteiger charge is 2.07. The topological polar surface area (TPSA) is 84.2 Å². The maximum atomic E-state index is 10.2. The van der Waals surface area contributed by atoms with E-state index in [4.69, 9.17) is 4.74 Å². The van der Waals surface area contributed by atoms with E-state index in [1.54, 1.807) is 4.68 Å². The van der Waals surface area contributed by atoms with Crippen molar-refractivity contribution >= 4 is 11.4 Å². The predicted molar refractivity (Wildman–Crippen MR) is 101 cm³/mol. The van der Waals surface area contributed by atoms with Crippen LogP contribution in [-0.4, -0.2) is 33.1 Å². The zero-order chi connectivity index (χ0) is 18.4. The number of benzene rings is 2. The van der Waals surface area contributed by atoms with Crippen LogP contribution in [0.1, 0.15) is 18.2 Å². The number of para-hydroxylation sites is 1. The standard InChI is InChI=1S/C19H23N5O2/c1-3-26-13-16-12-24(23-22-16)17-10-8-15(9-11-17)20-19(25)21-18-7-5-4-6-14(18)2/h4-12,19-21,25H,3,13H2,1-2H3. The first-order valence-corrected chi connectivity index (χ1v) is 8.52. The van der Waals surface area contributed by atoms with Crippen LogP contribution < -0.4 is 10.6 Å². The van der Waals surface area contributed by atoms with Gasteiger partial charge in [-0.05, 0) is 49.7 Å². The van der Waals surface area contributed by atoms with Crippen molar-refractivity contribution < 1.29 is 9.84 Å². The van der Waals surface area contributed by atoms with Crippen LogP contribution in [0.4, 0.5) is 11.4 Å². The molecule has 1 aromatic heterocycles. The summed E-state index contributed by atoms with van der Waals surface area (Å²) in [5, 5.41) is 24.4. The van der Waals surface area contributed by atoms with Crippen molar-refractivity contribution in [1.29, 1.82) is 0 Å². The molecule has 0 aliphatic rings. The molecule has 0 bridgehead atoms. The summed E-state index contributed by atoms with van der Waals surface area (Å²) in [6, 6.07) is 15.4. The van der Waals surface area contributed by atoms with Gasteiger partial charge in [-0.25, -0.2) is 4.68 Å². The summed E-state index contributed by atoms with van der Waals surface area (Å²) in [6.45, 7) is 5.03. The Morgan fingerprint density at radius 1 is 1.12 bits per heavy atom. The molecular weight excluding hydrogens is 330 g/mol. The van der Waals surface area contributed by atoms with Crippen molar-refractivity contribution in [2.75, 3.05) is 17.2 Å². The predicted octanol–water partition coefficient (Wildman–Crippen LogP) is 2.91. The van der Waals surface area contributed by atoms with E-state index in [1.807, 2.05) is 68.6 Å². The molecule has 0 spiro atoms. The minimum Gasteiger partial charge on any atom is -0.375 e. The molecule has 0 aliphatic heterocycles. The lowest BCUT2D eigenvalue weighted by atomic mass is 10.2. The SMILES string of the molecule is CCOCc1cn(-c2ccc(NC(O)Nc3ccccc3C)cc2)nn1. The third kappa shape index (κ3) is 4.59. The number of aryl methyl sites for hydroxylation is 1. The number of hydrogen-bond donors (Lipinski definition) is 3. The Kier molecular flexibility index (Phi) is 5.83. The number of rotatable bonds is 8. The summed E-state index contributed by atoms with van der Waals surface area (Å²) in [7, 11) is 0. The molecule has 2 aromatic carbocycles. The zero-order valence-corrected chi connectivity index (χ0v) is 14.9. The zero-order valence-electron chi connectivity index (χ0n) is 14.9. The molecule has 1 unspecified atom stereocenters. The molecule has 7 nitrogen and oxygen atoms in total. The summed E-state index contributed by atoms with van der Waals surface area (Å²) < 4.78 is 7.02. The van der Waals surface area contributed by atoms with Gasteiger partial charge in [0.2, 0.25) is 6.35 Å². The number of ether oxygens (including phenoxy) is 1. The van der Waals surface area contributed by atoms with E-state index < -0.39 is 6.35 Å². The van der Waals surface area contributed by atoms with E-state index in [9.17, 15) is 5.11 Å². The van der Waals surface area contributed by atoms with Crippen molar-refractivity contribution in [3.05, 3.63) is 66.0 Å². The molecule has 0 amide bonds. The second kappa shape index (κ2) is 8.46. The van der Waals surface area contributed by atoms with Gasteiger partial charge in [-0.2, -0.15) is 0 Å². The third-order valence-corrected chi connectivity index (χ3v) is 3.87. The summed E-state index contributed by atoms with van der Waals surface area (Å²) in [5.74, 6) is 0. The van der Waals surface area contributed by atoms with Gasteiger partial charge in [0.1, 0.15) is 5.69 Å². The van der Waals surface area contributed by atoms with E-state index in [0.717, 1.165) is 28.3 Å². The largest absolute Gasteiger partial charge is 0.375 e. The van der Waals surface area contributed by atoms with Crippen molar-refractivity contribution in [2.24, 2.45) is 0 Å². The van der Waals surface area contributed by atoms with Crippen LogP contribution in [0.5, 0.6) is 0 Å². The molecule has 3 aromatic rings. The molecule has 0 fully saturated rings. The van der Waals surface area contributed by atoms with E-state index >= 15 is 0 Å². The summed E-state index contributed by atoms with van der Waals surface area (Å²) in [4.78, 5) is 0. The number of anilines is 2. The average molecular weight is 353 g/mol. The van der Waals surface area contributed by atoms with Gasteiger partial charge in [-0.1, -0.05) is 23.4 Å². The first-order valence-electron chi connectivity index (χ1n) is 8.52. The number of nitrogens with zero attached hydrogens (tertiary/aromatic N) is 3. The number of aliphatic hydroxyl groups excluding tert-OH is 1. The number of hydrogen-bond acceptors (Lipinski definition) is 6. The van der Waals surface area contributed by atoms with E-state index in [0.29, 0.717) is 13.2 Å². The second-order valence-corrected chi connectivity index (χ2v) is 5.84. The summed E-state index contributed by atoms with van der Waals surface area (Å²) in [6.07, 6.45) is 0.943. The lowest BCUT2D eigenvalue weighted by Gasteiger charge is -2.18. The molecule has 3 N–H and O–H groups in total. The number of aromatic nitrogens is 3. The van der Waals surface area contributed by atoms with Gasteiger partial charge in [0.05, 0.1) is 18.5 Å². The normalized spacial score (nSPS) is 12.0. The molecule has 3 rings (SSSR count). The van der Waals surface area contributed by atoms with Crippen LogP contribution in [0, 0.1) is 6.92 Å². The molecule has 1 atom stereocenters. The molecular formula is C19H23N5O2. The maximum absolute atomic E-state index is 10.2. The van der Waals surface area contributed by atoms with Gasteiger partial charge in [-0.15, -0.1) is 5.10 Å². The van der Waals surface area contributed by atoms with Gasteiger partial charge >= 0.3 is 0 Å². The van der Waals surface area contributed by atoms with E-state index in [2.05, 4.69) is 20.9 Å². The Hall–Kier alpha value is -2.90. The highest BCUT2D eigenvalue weighted by atomic mass is 16.5. The fourth-order valence-corrected chi connectivity index (χ4v) is 2.48. The molecule has 136 valence electrons. The van der Waals surface area contributed by atoms with Crippen LogP contribution in [0.3, 0.4) is 0 Å². The quantitative estimate of drug-likeness (QED) is 0.540. The molecule has 7 heteroatoms. The van der Waals surface area contributed by atoms with Gasteiger partial charge < -0.3 is 20.5 Å². The van der Waals surface area contributed by atoms with Crippen molar-refractivity contribution in [1.82, 2.24) is 15.0 Å². The van der Waals surface area contributed by atoms with Crippen LogP contribution in [0.25, 0.3) is 5.69 Å². The first-order chi connectivity index (χ1) is 12.7. The Bertz CT molecular complexity index is 832. The fourth-order valence-electron chi connectivity index (χ4n) is 2.48. The van der Waals surface area contributed by atoms with Gasteiger partial charge in [0.15, 0.2) is 0 Å². The number of aliphatic hydroxyl groups is 1.